The summed E-state index contributed by atoms with van der Waals surface area (Å²) in [5.74, 6) is -0.692. The lowest BCUT2D eigenvalue weighted by Gasteiger charge is -2.08. The molecule has 0 saturated heterocycles. The van der Waals surface area contributed by atoms with Gasteiger partial charge >= 0.3 is 0 Å². The first-order valence-electron chi connectivity index (χ1n) is 6.14. The molecule has 0 atom stereocenters. The zero-order chi connectivity index (χ0) is 14.5. The SMILES string of the molecule is Cc1ccnc(NCCc2cc(F)cc(F)c2)c1C#N. The lowest BCUT2D eigenvalue weighted by atomic mass is 10.1. The van der Waals surface area contributed by atoms with Crippen molar-refractivity contribution in [1.29, 1.82) is 5.26 Å². The summed E-state index contributed by atoms with van der Waals surface area (Å²) < 4.78 is 26.1. The largest absolute Gasteiger partial charge is 0.369 e. The third-order valence-corrected chi connectivity index (χ3v) is 2.90. The molecular formula is C15H13F2N3. The minimum atomic E-state index is -0.591. The molecule has 0 bridgehead atoms. The van der Waals surface area contributed by atoms with Crippen molar-refractivity contribution in [3.05, 3.63) is 58.8 Å². The molecule has 1 N–H and O–H groups in total. The van der Waals surface area contributed by atoms with Crippen LogP contribution >= 0.6 is 0 Å². The van der Waals surface area contributed by atoms with Crippen LogP contribution in [0.3, 0.4) is 0 Å². The number of nitriles is 1. The molecule has 0 aliphatic rings. The number of benzene rings is 1. The van der Waals surface area contributed by atoms with Gasteiger partial charge in [-0.1, -0.05) is 0 Å². The summed E-state index contributed by atoms with van der Waals surface area (Å²) in [6, 6.07) is 7.26. The van der Waals surface area contributed by atoms with Crippen LogP contribution in [0.25, 0.3) is 0 Å². The molecule has 20 heavy (non-hydrogen) atoms. The molecule has 0 saturated carbocycles. The number of hydrogen-bond acceptors (Lipinski definition) is 3. The van der Waals surface area contributed by atoms with E-state index in [1.807, 2.05) is 6.92 Å². The number of nitrogens with zero attached hydrogens (tertiary/aromatic N) is 2. The van der Waals surface area contributed by atoms with Crippen LogP contribution in [0.1, 0.15) is 16.7 Å². The number of aromatic nitrogens is 1. The monoisotopic (exact) mass is 273 g/mol. The third kappa shape index (κ3) is 3.29. The van der Waals surface area contributed by atoms with E-state index in [0.717, 1.165) is 11.6 Å². The van der Waals surface area contributed by atoms with E-state index in [-0.39, 0.29) is 0 Å². The van der Waals surface area contributed by atoms with Gasteiger partial charge in [0.15, 0.2) is 0 Å². The number of aryl methyl sites for hydroxylation is 1. The highest BCUT2D eigenvalue weighted by Crippen LogP contribution is 2.15. The molecule has 102 valence electrons. The number of nitrogens with one attached hydrogen (secondary N) is 1. The Kier molecular flexibility index (Phi) is 4.26. The minimum Gasteiger partial charge on any atom is -0.369 e. The van der Waals surface area contributed by atoms with Gasteiger partial charge in [-0.25, -0.2) is 13.8 Å². The van der Waals surface area contributed by atoms with Crippen molar-refractivity contribution in [2.45, 2.75) is 13.3 Å². The van der Waals surface area contributed by atoms with Crippen LogP contribution in [0, 0.1) is 29.9 Å². The molecule has 0 aliphatic carbocycles. The lowest BCUT2D eigenvalue weighted by molar-refractivity contribution is 0.580. The Morgan fingerprint density at radius 1 is 1.25 bits per heavy atom. The molecule has 0 spiro atoms. The average Bonchev–Trinajstić information content (AvgIpc) is 2.38. The predicted octanol–water partition coefficient (Wildman–Crippen LogP) is 3.19. The summed E-state index contributed by atoms with van der Waals surface area (Å²) >= 11 is 0. The Hall–Kier alpha value is -2.48. The molecule has 1 aromatic carbocycles. The van der Waals surface area contributed by atoms with Crippen LogP contribution in [0.2, 0.25) is 0 Å². The standard InChI is InChI=1S/C15H13F2N3/c1-10-2-4-19-15(14(10)9-18)20-5-3-11-6-12(16)8-13(17)7-11/h2,4,6-8H,3,5H2,1H3,(H,19,20). The molecule has 1 aromatic heterocycles. The summed E-state index contributed by atoms with van der Waals surface area (Å²) in [5, 5.41) is 12.1. The third-order valence-electron chi connectivity index (χ3n) is 2.90. The van der Waals surface area contributed by atoms with Crippen molar-refractivity contribution < 1.29 is 8.78 Å². The molecular weight excluding hydrogens is 260 g/mol. The molecule has 5 heteroatoms. The van der Waals surface area contributed by atoms with Gasteiger partial charge < -0.3 is 5.32 Å². The van der Waals surface area contributed by atoms with Crippen LogP contribution in [0.4, 0.5) is 14.6 Å². The summed E-state index contributed by atoms with van der Waals surface area (Å²) in [5.41, 5.74) is 1.88. The van der Waals surface area contributed by atoms with Crippen LogP contribution in [0.5, 0.6) is 0 Å². The second kappa shape index (κ2) is 6.11. The Balaban J connectivity index is 2.03. The predicted molar refractivity (Wildman–Crippen MR) is 72.2 cm³/mol. The van der Waals surface area contributed by atoms with E-state index in [9.17, 15) is 8.78 Å². The molecule has 0 amide bonds. The Labute approximate surface area is 115 Å². The summed E-state index contributed by atoms with van der Waals surface area (Å²) in [6.45, 7) is 2.27. The van der Waals surface area contributed by atoms with Crippen LogP contribution in [-0.2, 0) is 6.42 Å². The van der Waals surface area contributed by atoms with E-state index in [0.29, 0.717) is 29.9 Å². The number of anilines is 1. The molecule has 2 rings (SSSR count). The van der Waals surface area contributed by atoms with Crippen LogP contribution in [-0.4, -0.2) is 11.5 Å². The maximum absolute atomic E-state index is 13.0. The molecule has 0 unspecified atom stereocenters. The summed E-state index contributed by atoms with van der Waals surface area (Å²) in [7, 11) is 0. The van der Waals surface area contributed by atoms with Gasteiger partial charge in [0.2, 0.25) is 0 Å². The first-order chi connectivity index (χ1) is 9.60. The second-order valence-corrected chi connectivity index (χ2v) is 4.42. The molecule has 0 aliphatic heterocycles. The molecule has 2 aromatic rings. The highest BCUT2D eigenvalue weighted by molar-refractivity contribution is 5.55. The fourth-order valence-corrected chi connectivity index (χ4v) is 1.91. The van der Waals surface area contributed by atoms with E-state index < -0.39 is 11.6 Å². The van der Waals surface area contributed by atoms with Crippen LogP contribution < -0.4 is 5.32 Å². The van der Waals surface area contributed by atoms with E-state index in [1.165, 1.54) is 12.1 Å². The van der Waals surface area contributed by atoms with E-state index in [4.69, 9.17) is 5.26 Å². The summed E-state index contributed by atoms with van der Waals surface area (Å²) in [4.78, 5) is 4.09. The Bertz CT molecular complexity index is 642. The van der Waals surface area contributed by atoms with Gasteiger partial charge in [-0.2, -0.15) is 5.26 Å². The first kappa shape index (κ1) is 13.9. The van der Waals surface area contributed by atoms with Gasteiger partial charge in [0.1, 0.15) is 23.5 Å². The van der Waals surface area contributed by atoms with Crippen molar-refractivity contribution in [2.24, 2.45) is 0 Å². The van der Waals surface area contributed by atoms with E-state index >= 15 is 0 Å². The lowest BCUT2D eigenvalue weighted by Crippen LogP contribution is -2.08. The average molecular weight is 273 g/mol. The summed E-state index contributed by atoms with van der Waals surface area (Å²) in [6.07, 6.45) is 2.05. The van der Waals surface area contributed by atoms with Crippen molar-refractivity contribution in [2.75, 3.05) is 11.9 Å². The fourth-order valence-electron chi connectivity index (χ4n) is 1.91. The number of pyridine rings is 1. The molecule has 3 nitrogen and oxygen atoms in total. The maximum Gasteiger partial charge on any atom is 0.144 e. The maximum atomic E-state index is 13.0. The van der Waals surface area contributed by atoms with Gasteiger partial charge in [0.05, 0.1) is 5.56 Å². The van der Waals surface area contributed by atoms with Gasteiger partial charge in [-0.15, -0.1) is 0 Å². The van der Waals surface area contributed by atoms with Gasteiger partial charge in [0.25, 0.3) is 0 Å². The second-order valence-electron chi connectivity index (χ2n) is 4.42. The van der Waals surface area contributed by atoms with E-state index in [2.05, 4.69) is 16.4 Å². The highest BCUT2D eigenvalue weighted by Gasteiger charge is 2.06. The van der Waals surface area contributed by atoms with Gasteiger partial charge in [0, 0.05) is 18.8 Å². The van der Waals surface area contributed by atoms with Gasteiger partial charge in [-0.3, -0.25) is 0 Å². The molecule has 0 radical (unpaired) electrons. The van der Waals surface area contributed by atoms with Crippen LogP contribution in [0.15, 0.2) is 30.5 Å². The normalized spacial score (nSPS) is 10.1. The van der Waals surface area contributed by atoms with Gasteiger partial charge in [-0.05, 0) is 42.7 Å². The topological polar surface area (TPSA) is 48.7 Å². The Morgan fingerprint density at radius 2 is 1.95 bits per heavy atom. The molecule has 0 fully saturated rings. The van der Waals surface area contributed by atoms with Crippen molar-refractivity contribution >= 4 is 5.82 Å². The van der Waals surface area contributed by atoms with Crippen molar-refractivity contribution in [3.63, 3.8) is 0 Å². The zero-order valence-electron chi connectivity index (χ0n) is 11.0. The first-order valence-corrected chi connectivity index (χ1v) is 6.14. The Morgan fingerprint density at radius 3 is 2.60 bits per heavy atom. The van der Waals surface area contributed by atoms with Crippen molar-refractivity contribution in [1.82, 2.24) is 4.98 Å². The fraction of sp³-hybridized carbons (Fsp3) is 0.200. The minimum absolute atomic E-state index is 0.439. The quantitative estimate of drug-likeness (QED) is 0.930. The molecule has 1 heterocycles. The number of hydrogen-bond donors (Lipinski definition) is 1. The smallest absolute Gasteiger partial charge is 0.144 e. The zero-order valence-corrected chi connectivity index (χ0v) is 11.0. The van der Waals surface area contributed by atoms with Crippen molar-refractivity contribution in [3.8, 4) is 6.07 Å². The number of halogens is 2. The highest BCUT2D eigenvalue weighted by atomic mass is 19.1. The van der Waals surface area contributed by atoms with E-state index in [1.54, 1.807) is 12.3 Å². The number of rotatable bonds is 4.